The van der Waals surface area contributed by atoms with Gasteiger partial charge in [0, 0.05) is 24.8 Å². The molecule has 1 saturated heterocycles. The molecule has 0 aliphatic carbocycles. The quantitative estimate of drug-likeness (QED) is 0.192. The highest BCUT2D eigenvalue weighted by molar-refractivity contribution is 5.58. The molecule has 224 valence electrons. The first kappa shape index (κ1) is 30.8. The van der Waals surface area contributed by atoms with Crippen molar-refractivity contribution in [2.75, 3.05) is 0 Å². The summed E-state index contributed by atoms with van der Waals surface area (Å²) in [7, 11) is 0. The van der Waals surface area contributed by atoms with Gasteiger partial charge in [-0.05, 0) is 36.1 Å². The van der Waals surface area contributed by atoms with Gasteiger partial charge < -0.3 is 35.1 Å². The summed E-state index contributed by atoms with van der Waals surface area (Å²) in [5.74, 6) is -2.69. The minimum atomic E-state index is -2.69. The van der Waals surface area contributed by atoms with Gasteiger partial charge in [-0.25, -0.2) is 0 Å². The number of hydrogen-bond donors (Lipinski definition) is 5. The van der Waals surface area contributed by atoms with Crippen molar-refractivity contribution in [2.45, 2.75) is 67.9 Å². The number of benzene rings is 4. The number of carbonyl (C=O) groups is 1. The third-order valence-electron chi connectivity index (χ3n) is 8.85. The zero-order valence-corrected chi connectivity index (χ0v) is 24.3. The molecular weight excluding hydrogens is 544 g/mol. The number of rotatable bonds is 9. The smallest absolute Gasteiger partial charge is 0.226 e. The number of aldehydes is 1. The molecule has 6 atom stereocenters. The van der Waals surface area contributed by atoms with Crippen LogP contribution in [0.2, 0.25) is 0 Å². The highest BCUT2D eigenvalue weighted by atomic mass is 16.7. The SMILES string of the molecule is Cc1ccc(C2(O)O[C@H](C(O)C=O)[C@](O)(Cc3ccccc3)[C@@](O)(Cc3ccccc3)[C@@]2(O)Cc2ccccc2)c(C)c1. The largest absolute Gasteiger partial charge is 0.384 e. The van der Waals surface area contributed by atoms with E-state index in [0.717, 1.165) is 5.56 Å². The topological polar surface area (TPSA) is 127 Å². The molecule has 1 fully saturated rings. The fraction of sp³-hybridized carbons (Fsp3) is 0.306. The van der Waals surface area contributed by atoms with Gasteiger partial charge in [0.25, 0.3) is 0 Å². The van der Waals surface area contributed by atoms with Crippen LogP contribution in [-0.2, 0) is 34.6 Å². The lowest BCUT2D eigenvalue weighted by atomic mass is 9.55. The van der Waals surface area contributed by atoms with Gasteiger partial charge in [0.15, 0.2) is 11.9 Å². The summed E-state index contributed by atoms with van der Waals surface area (Å²) in [6, 6.07) is 31.5. The third kappa shape index (κ3) is 5.23. The molecule has 5 rings (SSSR count). The van der Waals surface area contributed by atoms with Gasteiger partial charge >= 0.3 is 0 Å². The second-order valence-electron chi connectivity index (χ2n) is 11.8. The Hall–Kier alpha value is -3.69. The Bertz CT molecular complexity index is 1550. The first-order chi connectivity index (χ1) is 20.5. The molecule has 0 radical (unpaired) electrons. The van der Waals surface area contributed by atoms with Gasteiger partial charge in [-0.15, -0.1) is 0 Å². The first-order valence-electron chi connectivity index (χ1n) is 14.4. The maximum absolute atomic E-state index is 13.2. The predicted molar refractivity (Wildman–Crippen MR) is 162 cm³/mol. The van der Waals surface area contributed by atoms with E-state index in [4.69, 9.17) is 4.74 Å². The van der Waals surface area contributed by atoms with Gasteiger partial charge in [-0.1, -0.05) is 115 Å². The molecular formula is C36H38O7. The lowest BCUT2D eigenvalue weighted by Crippen LogP contribution is -2.85. The van der Waals surface area contributed by atoms with Crippen molar-refractivity contribution in [3.63, 3.8) is 0 Å². The normalized spacial score (nSPS) is 29.6. The molecule has 7 nitrogen and oxygen atoms in total. The lowest BCUT2D eigenvalue weighted by Gasteiger charge is -2.64. The van der Waals surface area contributed by atoms with E-state index in [9.17, 15) is 30.3 Å². The second-order valence-corrected chi connectivity index (χ2v) is 11.8. The van der Waals surface area contributed by atoms with E-state index in [1.807, 2.05) is 6.92 Å². The van der Waals surface area contributed by atoms with Crippen LogP contribution in [0.4, 0.5) is 0 Å². The zero-order chi connectivity index (χ0) is 30.9. The highest BCUT2D eigenvalue weighted by Gasteiger charge is 2.77. The Labute approximate surface area is 251 Å². The number of aryl methyl sites for hydroxylation is 2. The summed E-state index contributed by atoms with van der Waals surface area (Å²) in [6.07, 6.45) is -4.61. The molecule has 1 aliphatic heterocycles. The lowest BCUT2D eigenvalue weighted by molar-refractivity contribution is -0.451. The molecule has 0 bridgehead atoms. The summed E-state index contributed by atoms with van der Waals surface area (Å²) in [5, 5.41) is 62.9. The van der Waals surface area contributed by atoms with Crippen LogP contribution in [0, 0.1) is 13.8 Å². The average Bonchev–Trinajstić information content (AvgIpc) is 3.00. The Morgan fingerprint density at radius 1 is 0.698 bits per heavy atom. The summed E-state index contributed by atoms with van der Waals surface area (Å²) >= 11 is 0. The molecule has 43 heavy (non-hydrogen) atoms. The summed E-state index contributed by atoms with van der Waals surface area (Å²) in [4.78, 5) is 12.2. The van der Waals surface area contributed by atoms with Crippen LogP contribution in [0.25, 0.3) is 0 Å². The summed E-state index contributed by atoms with van der Waals surface area (Å²) in [6.45, 7) is 3.61. The molecule has 5 N–H and O–H groups in total. The summed E-state index contributed by atoms with van der Waals surface area (Å²) < 4.78 is 6.26. The fourth-order valence-corrected chi connectivity index (χ4v) is 6.66. The number of hydrogen-bond acceptors (Lipinski definition) is 7. The van der Waals surface area contributed by atoms with E-state index in [1.165, 1.54) is 0 Å². The Morgan fingerprint density at radius 2 is 1.16 bits per heavy atom. The van der Waals surface area contributed by atoms with Crippen molar-refractivity contribution in [2.24, 2.45) is 0 Å². The molecule has 7 heteroatoms. The predicted octanol–water partition coefficient (Wildman–Crippen LogP) is 3.33. The Kier molecular flexibility index (Phi) is 8.42. The molecule has 0 aromatic heterocycles. The van der Waals surface area contributed by atoms with Crippen LogP contribution in [0.15, 0.2) is 109 Å². The van der Waals surface area contributed by atoms with E-state index < -0.39 is 34.8 Å². The van der Waals surface area contributed by atoms with E-state index in [2.05, 4.69) is 0 Å². The number of aliphatic hydroxyl groups is 5. The van der Waals surface area contributed by atoms with Crippen molar-refractivity contribution < 1.29 is 35.1 Å². The third-order valence-corrected chi connectivity index (χ3v) is 8.85. The number of carbonyl (C=O) groups excluding carboxylic acids is 1. The molecule has 0 saturated carbocycles. The van der Waals surface area contributed by atoms with Crippen LogP contribution in [0.5, 0.6) is 0 Å². The van der Waals surface area contributed by atoms with Gasteiger partial charge in [-0.3, -0.25) is 0 Å². The maximum atomic E-state index is 13.2. The molecule has 4 aromatic carbocycles. The van der Waals surface area contributed by atoms with Gasteiger partial charge in [0.2, 0.25) is 5.79 Å². The maximum Gasteiger partial charge on any atom is 0.226 e. The van der Waals surface area contributed by atoms with Crippen molar-refractivity contribution in [1.29, 1.82) is 0 Å². The van der Waals surface area contributed by atoms with E-state index in [1.54, 1.807) is 116 Å². The molecule has 1 aliphatic rings. The molecule has 2 unspecified atom stereocenters. The monoisotopic (exact) mass is 582 g/mol. The van der Waals surface area contributed by atoms with Crippen molar-refractivity contribution in [3.05, 3.63) is 143 Å². The molecule has 4 aromatic rings. The van der Waals surface area contributed by atoms with Gasteiger partial charge in [-0.2, -0.15) is 0 Å². The second kappa shape index (κ2) is 11.8. The number of ether oxygens (including phenoxy) is 1. The van der Waals surface area contributed by atoms with Crippen LogP contribution < -0.4 is 0 Å². The average molecular weight is 583 g/mol. The van der Waals surface area contributed by atoms with E-state index in [0.29, 0.717) is 22.3 Å². The first-order valence-corrected chi connectivity index (χ1v) is 14.4. The number of aliphatic hydroxyl groups excluding tert-OH is 1. The minimum absolute atomic E-state index is 0.132. The minimum Gasteiger partial charge on any atom is -0.384 e. The molecule has 0 amide bonds. The Morgan fingerprint density at radius 3 is 1.63 bits per heavy atom. The van der Waals surface area contributed by atoms with Crippen LogP contribution >= 0.6 is 0 Å². The van der Waals surface area contributed by atoms with Crippen molar-refractivity contribution in [3.8, 4) is 0 Å². The molecule has 1 heterocycles. The fourth-order valence-electron chi connectivity index (χ4n) is 6.66. The van der Waals surface area contributed by atoms with Crippen molar-refractivity contribution >= 4 is 6.29 Å². The van der Waals surface area contributed by atoms with Crippen LogP contribution in [-0.4, -0.2) is 60.8 Å². The Balaban J connectivity index is 1.85. The van der Waals surface area contributed by atoms with E-state index in [-0.39, 0.29) is 31.1 Å². The summed E-state index contributed by atoms with van der Waals surface area (Å²) in [5.41, 5.74) is -4.49. The van der Waals surface area contributed by atoms with Crippen LogP contribution in [0.1, 0.15) is 33.4 Å². The van der Waals surface area contributed by atoms with Crippen LogP contribution in [0.3, 0.4) is 0 Å². The standard InChI is InChI=1S/C36H38O7/c1-25-18-19-30(26(2)20-25)36(42)35(41,23-29-16-10-5-11-17-29)34(40,22-28-14-8-4-9-15-28)33(39,32(43-36)31(38)24-37)21-27-12-6-3-7-13-27/h3-20,24,31-32,38-42H,21-23H2,1-2H3/t31?,32-,33-,34+,35+,36?/m1/s1. The van der Waals surface area contributed by atoms with E-state index >= 15 is 0 Å². The zero-order valence-electron chi connectivity index (χ0n) is 24.3. The van der Waals surface area contributed by atoms with Crippen molar-refractivity contribution in [1.82, 2.24) is 0 Å². The van der Waals surface area contributed by atoms with Gasteiger partial charge in [0.05, 0.1) is 0 Å². The molecule has 0 spiro atoms. The van der Waals surface area contributed by atoms with Gasteiger partial charge in [0.1, 0.15) is 23.4 Å². The highest BCUT2D eigenvalue weighted by Crippen LogP contribution is 2.57.